The van der Waals surface area contributed by atoms with Gasteiger partial charge in [-0.1, -0.05) is 23.2 Å². The van der Waals surface area contributed by atoms with Gasteiger partial charge in [-0.15, -0.1) is 0 Å². The first kappa shape index (κ1) is 15.6. The summed E-state index contributed by atoms with van der Waals surface area (Å²) in [5, 5.41) is 9.76. The molecule has 0 spiro atoms. The van der Waals surface area contributed by atoms with Crippen LogP contribution in [0.4, 0.5) is 0 Å². The second kappa shape index (κ2) is 5.92. The van der Waals surface area contributed by atoms with Crippen molar-refractivity contribution in [1.29, 1.82) is 0 Å². The molecule has 0 aliphatic carbocycles. The van der Waals surface area contributed by atoms with Crippen LogP contribution in [0.5, 0.6) is 0 Å². The first-order valence-corrected chi connectivity index (χ1v) is 6.99. The smallest absolute Gasteiger partial charge is 0.312 e. The number of ketones is 1. The molecule has 0 aliphatic rings. The van der Waals surface area contributed by atoms with E-state index in [1.54, 1.807) is 32.0 Å². The Balaban J connectivity index is 2.41. The summed E-state index contributed by atoms with van der Waals surface area (Å²) >= 11 is 11.8. The molecule has 2 rings (SSSR count). The van der Waals surface area contributed by atoms with Crippen LogP contribution in [0.25, 0.3) is 0 Å². The number of carbonyl (C=O) groups is 2. The molecule has 0 aliphatic heterocycles. The monoisotopic (exact) mass is 325 g/mol. The lowest BCUT2D eigenvalue weighted by atomic mass is 10.1. The maximum atomic E-state index is 12.4. The van der Waals surface area contributed by atoms with E-state index in [1.807, 2.05) is 0 Å². The van der Waals surface area contributed by atoms with Gasteiger partial charge in [0.2, 0.25) is 5.78 Å². The van der Waals surface area contributed by atoms with Crippen molar-refractivity contribution in [3.05, 3.63) is 56.8 Å². The molecule has 2 N–H and O–H groups in total. The van der Waals surface area contributed by atoms with Gasteiger partial charge in [0, 0.05) is 16.3 Å². The molecule has 0 saturated heterocycles. The van der Waals surface area contributed by atoms with E-state index in [4.69, 9.17) is 28.3 Å². The van der Waals surface area contributed by atoms with Crippen molar-refractivity contribution in [3.63, 3.8) is 0 Å². The van der Waals surface area contributed by atoms with E-state index < -0.39 is 11.9 Å². The van der Waals surface area contributed by atoms with Crippen LogP contribution in [0, 0.1) is 6.92 Å². The Morgan fingerprint density at radius 1 is 1.24 bits per heavy atom. The van der Waals surface area contributed by atoms with Crippen LogP contribution in [-0.2, 0) is 4.79 Å². The number of halogens is 2. The molecule has 0 radical (unpaired) electrons. The second-order valence-electron chi connectivity index (χ2n) is 4.79. The average molecular weight is 326 g/mol. The molecule has 1 atom stereocenters. The van der Waals surface area contributed by atoms with E-state index in [0.29, 0.717) is 22.0 Å². The predicted molar refractivity (Wildman–Crippen MR) is 81.5 cm³/mol. The molecule has 6 heteroatoms. The summed E-state index contributed by atoms with van der Waals surface area (Å²) in [6.07, 6.45) is 0. The topological polar surface area (TPSA) is 70.2 Å². The highest BCUT2D eigenvalue weighted by Gasteiger charge is 2.22. The quantitative estimate of drug-likeness (QED) is 0.833. The van der Waals surface area contributed by atoms with Gasteiger partial charge in [0.05, 0.1) is 16.6 Å². The van der Waals surface area contributed by atoms with Gasteiger partial charge in [-0.3, -0.25) is 9.59 Å². The van der Waals surface area contributed by atoms with Crippen molar-refractivity contribution in [1.82, 2.24) is 4.98 Å². The molecule has 4 nitrogen and oxygen atoms in total. The average Bonchev–Trinajstić information content (AvgIpc) is 2.79. The van der Waals surface area contributed by atoms with E-state index in [9.17, 15) is 9.59 Å². The zero-order chi connectivity index (χ0) is 15.7. The highest BCUT2D eigenvalue weighted by molar-refractivity contribution is 6.37. The molecule has 0 saturated carbocycles. The van der Waals surface area contributed by atoms with E-state index in [0.717, 1.165) is 5.56 Å². The Hall–Kier alpha value is -1.78. The van der Waals surface area contributed by atoms with Crippen LogP contribution in [0.2, 0.25) is 10.0 Å². The molecule has 1 aromatic carbocycles. The molecule has 21 heavy (non-hydrogen) atoms. The minimum atomic E-state index is -0.955. The fourth-order valence-electron chi connectivity index (χ4n) is 2.09. The number of rotatable bonds is 4. The van der Waals surface area contributed by atoms with Gasteiger partial charge < -0.3 is 10.1 Å². The number of hydrogen-bond donors (Lipinski definition) is 2. The van der Waals surface area contributed by atoms with Crippen LogP contribution in [0.1, 0.15) is 40.2 Å². The third kappa shape index (κ3) is 3.12. The lowest BCUT2D eigenvalue weighted by Crippen LogP contribution is -2.10. The van der Waals surface area contributed by atoms with Crippen molar-refractivity contribution in [2.45, 2.75) is 19.8 Å². The van der Waals surface area contributed by atoms with Gasteiger partial charge in [0.25, 0.3) is 0 Å². The molecule has 0 bridgehead atoms. The number of hydrogen-bond acceptors (Lipinski definition) is 2. The number of nitrogens with one attached hydrogen (secondary N) is 1. The standard InChI is InChI=1S/C15H13Cl2NO3/c1-7-5-12(18-13(7)8(2)15(20)21)14(19)10-4-3-9(16)6-11(10)17/h3-6,8,18H,1-2H3,(H,20,21). The van der Waals surface area contributed by atoms with Gasteiger partial charge in [-0.25, -0.2) is 0 Å². The molecule has 1 unspecified atom stereocenters. The Morgan fingerprint density at radius 2 is 1.90 bits per heavy atom. The van der Waals surface area contributed by atoms with Crippen LogP contribution in [-0.4, -0.2) is 21.8 Å². The van der Waals surface area contributed by atoms with E-state index in [-0.39, 0.29) is 10.8 Å². The van der Waals surface area contributed by atoms with Gasteiger partial charge in [0.1, 0.15) is 0 Å². The molecule has 110 valence electrons. The third-order valence-corrected chi connectivity index (χ3v) is 3.83. The van der Waals surface area contributed by atoms with Gasteiger partial charge >= 0.3 is 5.97 Å². The van der Waals surface area contributed by atoms with Crippen LogP contribution in [0.15, 0.2) is 24.3 Å². The van der Waals surface area contributed by atoms with Crippen molar-refractivity contribution < 1.29 is 14.7 Å². The van der Waals surface area contributed by atoms with Gasteiger partial charge in [-0.2, -0.15) is 0 Å². The second-order valence-corrected chi connectivity index (χ2v) is 5.64. The van der Waals surface area contributed by atoms with Crippen molar-refractivity contribution in [3.8, 4) is 0 Å². The molecule has 0 amide bonds. The summed E-state index contributed by atoms with van der Waals surface area (Å²) in [5.74, 6) is -1.97. The number of benzene rings is 1. The number of carboxylic acids is 1. The first-order chi connectivity index (χ1) is 9.81. The molecular weight excluding hydrogens is 313 g/mol. The summed E-state index contributed by atoms with van der Waals surface area (Å²) in [4.78, 5) is 26.4. The largest absolute Gasteiger partial charge is 0.481 e. The van der Waals surface area contributed by atoms with E-state index in [1.165, 1.54) is 6.07 Å². The number of aromatic amines is 1. The minimum absolute atomic E-state index is 0.257. The Kier molecular flexibility index (Phi) is 4.40. The molecule has 1 heterocycles. The first-order valence-electron chi connectivity index (χ1n) is 6.23. The number of carboxylic acid groups (broad SMARTS) is 1. The SMILES string of the molecule is Cc1cc(C(=O)c2ccc(Cl)cc2Cl)[nH]c1C(C)C(=O)O. The van der Waals surface area contributed by atoms with Crippen LogP contribution >= 0.6 is 23.2 Å². The van der Waals surface area contributed by atoms with E-state index in [2.05, 4.69) is 4.98 Å². The lowest BCUT2D eigenvalue weighted by molar-refractivity contribution is -0.138. The lowest BCUT2D eigenvalue weighted by Gasteiger charge is -2.05. The summed E-state index contributed by atoms with van der Waals surface area (Å²) in [7, 11) is 0. The Bertz CT molecular complexity index is 722. The Labute approximate surface area is 131 Å². The zero-order valence-electron chi connectivity index (χ0n) is 11.4. The number of aliphatic carboxylic acids is 1. The Morgan fingerprint density at radius 3 is 2.48 bits per heavy atom. The zero-order valence-corrected chi connectivity index (χ0v) is 12.9. The molecule has 0 fully saturated rings. The van der Waals surface area contributed by atoms with Gasteiger partial charge in [0.15, 0.2) is 0 Å². The predicted octanol–water partition coefficient (Wildman–Crippen LogP) is 4.05. The van der Waals surface area contributed by atoms with Gasteiger partial charge in [-0.05, 0) is 43.7 Å². The third-order valence-electron chi connectivity index (χ3n) is 3.28. The van der Waals surface area contributed by atoms with Crippen LogP contribution in [0.3, 0.4) is 0 Å². The van der Waals surface area contributed by atoms with Crippen molar-refractivity contribution >= 4 is 35.0 Å². The fraction of sp³-hybridized carbons (Fsp3) is 0.200. The molecular formula is C15H13Cl2NO3. The van der Waals surface area contributed by atoms with Crippen molar-refractivity contribution in [2.24, 2.45) is 0 Å². The highest BCUT2D eigenvalue weighted by Crippen LogP contribution is 2.26. The summed E-state index contributed by atoms with van der Waals surface area (Å²) in [6, 6.07) is 6.25. The van der Waals surface area contributed by atoms with Crippen LogP contribution < -0.4 is 0 Å². The number of carbonyl (C=O) groups excluding carboxylic acids is 1. The maximum Gasteiger partial charge on any atom is 0.312 e. The van der Waals surface area contributed by atoms with Crippen molar-refractivity contribution in [2.75, 3.05) is 0 Å². The maximum absolute atomic E-state index is 12.4. The minimum Gasteiger partial charge on any atom is -0.481 e. The summed E-state index contributed by atoms with van der Waals surface area (Å²) in [6.45, 7) is 3.32. The number of aromatic nitrogens is 1. The number of H-pyrrole nitrogens is 1. The molecule has 2 aromatic rings. The summed E-state index contributed by atoms with van der Waals surface area (Å²) < 4.78 is 0. The highest BCUT2D eigenvalue weighted by atomic mass is 35.5. The normalized spacial score (nSPS) is 12.2. The molecule has 1 aromatic heterocycles. The fourth-order valence-corrected chi connectivity index (χ4v) is 2.58. The summed E-state index contributed by atoms with van der Waals surface area (Å²) in [5.41, 5.74) is 1.85. The van der Waals surface area contributed by atoms with E-state index >= 15 is 0 Å². The number of aryl methyl sites for hydroxylation is 1.